The van der Waals surface area contributed by atoms with E-state index in [1.54, 1.807) is 5.57 Å². The number of rotatable bonds is 1. The molecule has 0 saturated heterocycles. The molecule has 0 radical (unpaired) electrons. The van der Waals surface area contributed by atoms with Crippen LogP contribution in [0.4, 0.5) is 0 Å². The van der Waals surface area contributed by atoms with Gasteiger partial charge in [0.25, 0.3) is 0 Å². The standard InChI is InChI=1S/C15H18/c1-15(2)13-9-8-12(10-14(13)15)11-6-4-3-5-7-11/h3-8,13-14H,9-10H2,1-2H3/t13-,14+/m1/s1. The summed E-state index contributed by atoms with van der Waals surface area (Å²) in [4.78, 5) is 0. The van der Waals surface area contributed by atoms with E-state index in [-0.39, 0.29) is 0 Å². The number of allylic oxidation sites excluding steroid dienone is 2. The van der Waals surface area contributed by atoms with Gasteiger partial charge in [0.1, 0.15) is 0 Å². The third-order valence-electron chi connectivity index (χ3n) is 4.49. The van der Waals surface area contributed by atoms with Gasteiger partial charge in [0.2, 0.25) is 0 Å². The number of benzene rings is 1. The second kappa shape index (κ2) is 2.98. The van der Waals surface area contributed by atoms with E-state index in [1.807, 2.05) is 0 Å². The number of hydrogen-bond acceptors (Lipinski definition) is 0. The first-order valence-electron chi connectivity index (χ1n) is 5.94. The van der Waals surface area contributed by atoms with Gasteiger partial charge in [0.05, 0.1) is 0 Å². The molecule has 0 heterocycles. The van der Waals surface area contributed by atoms with Gasteiger partial charge in [-0.3, -0.25) is 0 Å². The Morgan fingerprint density at radius 3 is 2.47 bits per heavy atom. The van der Waals surface area contributed by atoms with Crippen LogP contribution >= 0.6 is 0 Å². The molecular formula is C15H18. The lowest BCUT2D eigenvalue weighted by molar-refractivity contribution is 0.544. The Labute approximate surface area is 92.0 Å². The molecule has 1 fully saturated rings. The molecule has 15 heavy (non-hydrogen) atoms. The fraction of sp³-hybridized carbons (Fsp3) is 0.467. The van der Waals surface area contributed by atoms with Gasteiger partial charge in [-0.1, -0.05) is 50.3 Å². The number of fused-ring (bicyclic) bond motifs is 1. The summed E-state index contributed by atoms with van der Waals surface area (Å²) >= 11 is 0. The number of hydrogen-bond donors (Lipinski definition) is 0. The first-order chi connectivity index (χ1) is 7.19. The summed E-state index contributed by atoms with van der Waals surface area (Å²) in [6.45, 7) is 4.84. The summed E-state index contributed by atoms with van der Waals surface area (Å²) < 4.78 is 0. The maximum Gasteiger partial charge on any atom is -0.0228 e. The molecule has 0 heteroatoms. The third-order valence-corrected chi connectivity index (χ3v) is 4.49. The molecule has 78 valence electrons. The van der Waals surface area contributed by atoms with E-state index in [4.69, 9.17) is 0 Å². The van der Waals surface area contributed by atoms with Crippen molar-refractivity contribution in [3.63, 3.8) is 0 Å². The van der Waals surface area contributed by atoms with Crippen molar-refractivity contribution in [3.05, 3.63) is 42.0 Å². The largest absolute Gasteiger partial charge is 0.0804 e. The molecule has 1 aromatic rings. The molecule has 2 aliphatic carbocycles. The van der Waals surface area contributed by atoms with Crippen LogP contribution in [-0.2, 0) is 0 Å². The highest BCUT2D eigenvalue weighted by Crippen LogP contribution is 2.65. The van der Waals surface area contributed by atoms with Gasteiger partial charge < -0.3 is 0 Å². The molecule has 0 N–H and O–H groups in total. The fourth-order valence-electron chi connectivity index (χ4n) is 3.21. The van der Waals surface area contributed by atoms with Gasteiger partial charge in [-0.25, -0.2) is 0 Å². The zero-order valence-corrected chi connectivity index (χ0v) is 9.53. The van der Waals surface area contributed by atoms with Gasteiger partial charge >= 0.3 is 0 Å². The lowest BCUT2D eigenvalue weighted by atomic mass is 9.94. The smallest absolute Gasteiger partial charge is 0.0228 e. The Morgan fingerprint density at radius 2 is 1.80 bits per heavy atom. The molecule has 3 rings (SSSR count). The van der Waals surface area contributed by atoms with Crippen LogP contribution in [0.1, 0.15) is 32.3 Å². The van der Waals surface area contributed by atoms with E-state index in [9.17, 15) is 0 Å². The first-order valence-corrected chi connectivity index (χ1v) is 5.94. The van der Waals surface area contributed by atoms with Crippen molar-refractivity contribution in [1.82, 2.24) is 0 Å². The van der Waals surface area contributed by atoms with Crippen LogP contribution in [0.5, 0.6) is 0 Å². The zero-order valence-electron chi connectivity index (χ0n) is 9.53. The first kappa shape index (κ1) is 9.21. The average Bonchev–Trinajstić information content (AvgIpc) is 2.83. The molecule has 0 spiro atoms. The summed E-state index contributed by atoms with van der Waals surface area (Å²) in [5, 5.41) is 0. The molecule has 0 amide bonds. The Kier molecular flexibility index (Phi) is 1.83. The Hall–Kier alpha value is -1.04. The quantitative estimate of drug-likeness (QED) is 0.636. The Morgan fingerprint density at radius 1 is 1.07 bits per heavy atom. The van der Waals surface area contributed by atoms with Crippen LogP contribution in [0.25, 0.3) is 5.57 Å². The zero-order chi connectivity index (χ0) is 10.5. The molecule has 0 aromatic heterocycles. The van der Waals surface area contributed by atoms with Crippen LogP contribution in [0, 0.1) is 17.3 Å². The summed E-state index contributed by atoms with van der Waals surface area (Å²) in [6, 6.07) is 10.8. The monoisotopic (exact) mass is 198 g/mol. The summed E-state index contributed by atoms with van der Waals surface area (Å²) in [5.41, 5.74) is 3.61. The van der Waals surface area contributed by atoms with Crippen LogP contribution in [0.3, 0.4) is 0 Å². The molecular weight excluding hydrogens is 180 g/mol. The summed E-state index contributed by atoms with van der Waals surface area (Å²) in [7, 11) is 0. The van der Waals surface area contributed by atoms with Crippen molar-refractivity contribution < 1.29 is 0 Å². The van der Waals surface area contributed by atoms with Crippen molar-refractivity contribution in [3.8, 4) is 0 Å². The minimum atomic E-state index is 0.604. The second-order valence-electron chi connectivity index (χ2n) is 5.57. The maximum atomic E-state index is 2.46. The molecule has 0 bridgehead atoms. The Bertz CT molecular complexity index is 397. The van der Waals surface area contributed by atoms with Crippen molar-refractivity contribution >= 4 is 5.57 Å². The van der Waals surface area contributed by atoms with Crippen molar-refractivity contribution in [2.24, 2.45) is 17.3 Å². The van der Waals surface area contributed by atoms with Gasteiger partial charge in [-0.2, -0.15) is 0 Å². The normalized spacial score (nSPS) is 31.7. The predicted octanol–water partition coefficient (Wildman–Crippen LogP) is 4.14. The topological polar surface area (TPSA) is 0 Å². The molecule has 2 atom stereocenters. The minimum Gasteiger partial charge on any atom is -0.0804 e. The van der Waals surface area contributed by atoms with E-state index < -0.39 is 0 Å². The summed E-state index contributed by atoms with van der Waals surface area (Å²) in [5.74, 6) is 1.91. The molecule has 1 aromatic carbocycles. The van der Waals surface area contributed by atoms with E-state index in [2.05, 4.69) is 50.3 Å². The lowest BCUT2D eigenvalue weighted by Crippen LogP contribution is -1.94. The van der Waals surface area contributed by atoms with Crippen LogP contribution in [-0.4, -0.2) is 0 Å². The third kappa shape index (κ3) is 1.35. The Balaban J connectivity index is 1.84. The fourth-order valence-corrected chi connectivity index (χ4v) is 3.21. The van der Waals surface area contributed by atoms with Crippen LogP contribution < -0.4 is 0 Å². The SMILES string of the molecule is CC1(C)[C@@H]2CC=C(c3ccccc3)C[C@@H]21. The maximum absolute atomic E-state index is 2.46. The molecule has 2 aliphatic rings. The minimum absolute atomic E-state index is 0.604. The van der Waals surface area contributed by atoms with E-state index in [0.717, 1.165) is 11.8 Å². The molecule has 0 unspecified atom stereocenters. The molecule has 1 saturated carbocycles. The van der Waals surface area contributed by atoms with E-state index in [0.29, 0.717) is 5.41 Å². The van der Waals surface area contributed by atoms with Gasteiger partial charge in [0, 0.05) is 0 Å². The highest BCUT2D eigenvalue weighted by molar-refractivity contribution is 5.67. The van der Waals surface area contributed by atoms with Crippen molar-refractivity contribution in [2.45, 2.75) is 26.7 Å². The molecule has 0 nitrogen and oxygen atoms in total. The van der Waals surface area contributed by atoms with E-state index in [1.165, 1.54) is 18.4 Å². The predicted molar refractivity (Wildman–Crippen MR) is 64.4 cm³/mol. The highest BCUT2D eigenvalue weighted by Gasteiger charge is 2.57. The highest BCUT2D eigenvalue weighted by atomic mass is 14.6. The van der Waals surface area contributed by atoms with Gasteiger partial charge in [0.15, 0.2) is 0 Å². The van der Waals surface area contributed by atoms with Crippen molar-refractivity contribution in [1.29, 1.82) is 0 Å². The summed E-state index contributed by atoms with van der Waals surface area (Å²) in [6.07, 6.45) is 5.05. The molecule has 0 aliphatic heterocycles. The lowest BCUT2D eigenvalue weighted by Gasteiger charge is -2.11. The van der Waals surface area contributed by atoms with Crippen molar-refractivity contribution in [2.75, 3.05) is 0 Å². The van der Waals surface area contributed by atoms with Gasteiger partial charge in [-0.15, -0.1) is 0 Å². The van der Waals surface area contributed by atoms with E-state index >= 15 is 0 Å². The van der Waals surface area contributed by atoms with Gasteiger partial charge in [-0.05, 0) is 41.2 Å². The average molecular weight is 198 g/mol. The second-order valence-corrected chi connectivity index (χ2v) is 5.57. The van der Waals surface area contributed by atoms with Crippen LogP contribution in [0.15, 0.2) is 36.4 Å². The van der Waals surface area contributed by atoms with Crippen LogP contribution in [0.2, 0.25) is 0 Å².